The van der Waals surface area contributed by atoms with E-state index in [2.05, 4.69) is 9.97 Å². The molecule has 1 fully saturated rings. The first kappa shape index (κ1) is 14.7. The summed E-state index contributed by atoms with van der Waals surface area (Å²) >= 11 is 0. The van der Waals surface area contributed by atoms with Gasteiger partial charge in [-0.15, -0.1) is 0 Å². The lowest BCUT2D eigenvalue weighted by Crippen LogP contribution is -2.49. The van der Waals surface area contributed by atoms with Crippen molar-refractivity contribution in [2.75, 3.05) is 19.7 Å². The van der Waals surface area contributed by atoms with Crippen LogP contribution >= 0.6 is 0 Å². The maximum absolute atomic E-state index is 12.3. The Morgan fingerprint density at radius 1 is 1.27 bits per heavy atom. The lowest BCUT2D eigenvalue weighted by molar-refractivity contribution is -0.145. The Morgan fingerprint density at radius 2 is 2.00 bits per heavy atom. The summed E-state index contributed by atoms with van der Waals surface area (Å²) in [6.45, 7) is 5.10. The van der Waals surface area contributed by atoms with Crippen LogP contribution in [0.1, 0.15) is 13.8 Å². The minimum Gasteiger partial charge on any atom is -0.467 e. The highest BCUT2D eigenvalue weighted by Crippen LogP contribution is 2.20. The highest BCUT2D eigenvalue weighted by molar-refractivity contribution is 5.84. The number of rotatable bonds is 3. The number of carbonyl (C=O) groups excluding carboxylic acids is 1. The molecule has 1 aliphatic heterocycles. The second-order valence-electron chi connectivity index (χ2n) is 5.54. The summed E-state index contributed by atoms with van der Waals surface area (Å²) in [7, 11) is 0. The van der Waals surface area contributed by atoms with Crippen LogP contribution in [0.2, 0.25) is 0 Å². The molecule has 6 nitrogen and oxygen atoms in total. The van der Waals surface area contributed by atoms with Crippen molar-refractivity contribution in [1.82, 2.24) is 14.9 Å². The molecule has 6 heteroatoms. The van der Waals surface area contributed by atoms with E-state index in [1.807, 2.05) is 38.1 Å². The third-order valence-corrected chi connectivity index (χ3v) is 3.61. The van der Waals surface area contributed by atoms with Gasteiger partial charge in [0.15, 0.2) is 6.61 Å². The first-order valence-corrected chi connectivity index (χ1v) is 7.39. The van der Waals surface area contributed by atoms with E-state index in [1.54, 1.807) is 4.90 Å². The molecule has 2 aromatic rings. The average molecular weight is 301 g/mol. The summed E-state index contributed by atoms with van der Waals surface area (Å²) in [4.78, 5) is 22.4. The van der Waals surface area contributed by atoms with E-state index in [0.29, 0.717) is 19.0 Å². The molecule has 2 atom stereocenters. The number of morpholine rings is 1. The van der Waals surface area contributed by atoms with Gasteiger partial charge in [-0.1, -0.05) is 12.1 Å². The normalized spacial score (nSPS) is 21.8. The van der Waals surface area contributed by atoms with Crippen LogP contribution in [0.25, 0.3) is 10.9 Å². The number of carbonyl (C=O) groups is 1. The maximum atomic E-state index is 12.3. The fourth-order valence-corrected chi connectivity index (χ4v) is 2.70. The van der Waals surface area contributed by atoms with Gasteiger partial charge in [-0.2, -0.15) is 0 Å². The maximum Gasteiger partial charge on any atom is 0.260 e. The van der Waals surface area contributed by atoms with Gasteiger partial charge < -0.3 is 14.4 Å². The van der Waals surface area contributed by atoms with Gasteiger partial charge in [0.2, 0.25) is 5.88 Å². The van der Waals surface area contributed by atoms with Gasteiger partial charge in [0.25, 0.3) is 5.91 Å². The van der Waals surface area contributed by atoms with E-state index in [1.165, 1.54) is 6.33 Å². The molecule has 22 heavy (non-hydrogen) atoms. The third kappa shape index (κ3) is 3.17. The van der Waals surface area contributed by atoms with Gasteiger partial charge in [0.1, 0.15) is 6.33 Å². The Balaban J connectivity index is 1.67. The van der Waals surface area contributed by atoms with Crippen molar-refractivity contribution in [3.05, 3.63) is 30.6 Å². The quantitative estimate of drug-likeness (QED) is 0.862. The van der Waals surface area contributed by atoms with Crippen molar-refractivity contribution in [2.24, 2.45) is 0 Å². The second kappa shape index (κ2) is 6.27. The van der Waals surface area contributed by atoms with Gasteiger partial charge in [-0.25, -0.2) is 9.97 Å². The fraction of sp³-hybridized carbons (Fsp3) is 0.438. The van der Waals surface area contributed by atoms with Gasteiger partial charge in [0.05, 0.1) is 23.1 Å². The molecule has 1 aromatic heterocycles. The van der Waals surface area contributed by atoms with Crippen molar-refractivity contribution in [2.45, 2.75) is 26.1 Å². The molecule has 0 unspecified atom stereocenters. The van der Waals surface area contributed by atoms with Crippen LogP contribution in [-0.4, -0.2) is 52.7 Å². The molecule has 1 saturated heterocycles. The van der Waals surface area contributed by atoms with Crippen LogP contribution < -0.4 is 4.74 Å². The third-order valence-electron chi connectivity index (χ3n) is 3.61. The predicted octanol–water partition coefficient (Wildman–Crippen LogP) is 1.64. The molecule has 2 heterocycles. The smallest absolute Gasteiger partial charge is 0.260 e. The molecule has 0 spiro atoms. The van der Waals surface area contributed by atoms with Crippen molar-refractivity contribution >= 4 is 16.8 Å². The molecule has 1 amide bonds. The molecular formula is C16H19N3O3. The summed E-state index contributed by atoms with van der Waals surface area (Å²) in [5.41, 5.74) is 0.800. The Labute approximate surface area is 129 Å². The Kier molecular flexibility index (Phi) is 4.20. The lowest BCUT2D eigenvalue weighted by atomic mass is 10.2. The molecule has 0 N–H and O–H groups in total. The molecule has 116 valence electrons. The number of hydrogen-bond donors (Lipinski definition) is 0. The summed E-state index contributed by atoms with van der Waals surface area (Å²) in [5, 5.41) is 0.807. The van der Waals surface area contributed by atoms with Crippen molar-refractivity contribution in [3.63, 3.8) is 0 Å². The molecule has 3 rings (SSSR count). The van der Waals surface area contributed by atoms with E-state index in [0.717, 1.165) is 10.9 Å². The topological polar surface area (TPSA) is 64.6 Å². The second-order valence-corrected chi connectivity index (χ2v) is 5.54. The number of fused-ring (bicyclic) bond motifs is 1. The Hall–Kier alpha value is -2.21. The van der Waals surface area contributed by atoms with Crippen molar-refractivity contribution < 1.29 is 14.3 Å². The van der Waals surface area contributed by atoms with Crippen LogP contribution in [0.5, 0.6) is 5.88 Å². The van der Waals surface area contributed by atoms with E-state index >= 15 is 0 Å². The van der Waals surface area contributed by atoms with Gasteiger partial charge in [-0.05, 0) is 26.0 Å². The summed E-state index contributed by atoms with van der Waals surface area (Å²) in [6, 6.07) is 7.57. The van der Waals surface area contributed by atoms with E-state index in [4.69, 9.17) is 9.47 Å². The minimum absolute atomic E-state index is 0.0273. The largest absolute Gasteiger partial charge is 0.467 e. The lowest BCUT2D eigenvalue weighted by Gasteiger charge is -2.35. The van der Waals surface area contributed by atoms with Crippen LogP contribution in [0.4, 0.5) is 0 Å². The summed E-state index contributed by atoms with van der Waals surface area (Å²) in [5.74, 6) is 0.387. The summed E-state index contributed by atoms with van der Waals surface area (Å²) < 4.78 is 11.3. The molecule has 0 radical (unpaired) electrons. The SMILES string of the molecule is C[C@@H]1CN(C(=O)COc2ncnc3ccccc23)C[C@@H](C)O1. The number of para-hydroxylation sites is 1. The number of aromatic nitrogens is 2. The molecule has 0 bridgehead atoms. The van der Waals surface area contributed by atoms with Crippen molar-refractivity contribution in [1.29, 1.82) is 0 Å². The highest BCUT2D eigenvalue weighted by Gasteiger charge is 2.26. The van der Waals surface area contributed by atoms with Gasteiger partial charge >= 0.3 is 0 Å². The van der Waals surface area contributed by atoms with Crippen molar-refractivity contribution in [3.8, 4) is 5.88 Å². The molecule has 1 aromatic carbocycles. The van der Waals surface area contributed by atoms with Crippen LogP contribution in [0.3, 0.4) is 0 Å². The zero-order chi connectivity index (χ0) is 15.5. The average Bonchev–Trinajstić information content (AvgIpc) is 2.51. The fourth-order valence-electron chi connectivity index (χ4n) is 2.70. The first-order chi connectivity index (χ1) is 10.6. The molecule has 0 aliphatic carbocycles. The number of benzene rings is 1. The zero-order valence-electron chi connectivity index (χ0n) is 12.7. The van der Waals surface area contributed by atoms with Gasteiger partial charge in [0, 0.05) is 13.1 Å². The van der Waals surface area contributed by atoms with Crippen LogP contribution in [-0.2, 0) is 9.53 Å². The van der Waals surface area contributed by atoms with Crippen LogP contribution in [0, 0.1) is 0 Å². The van der Waals surface area contributed by atoms with E-state index in [9.17, 15) is 4.79 Å². The summed E-state index contributed by atoms with van der Waals surface area (Å²) in [6.07, 6.45) is 1.54. The monoisotopic (exact) mass is 301 g/mol. The van der Waals surface area contributed by atoms with Gasteiger partial charge in [-0.3, -0.25) is 4.79 Å². The molecule has 0 saturated carbocycles. The predicted molar refractivity (Wildman–Crippen MR) is 81.6 cm³/mol. The van der Waals surface area contributed by atoms with E-state index in [-0.39, 0.29) is 24.7 Å². The standard InChI is InChI=1S/C16H19N3O3/c1-11-7-19(8-12(2)22-11)15(20)9-21-16-13-5-3-4-6-14(13)17-10-18-16/h3-6,10-12H,7-9H2,1-2H3/t11-,12-/m1/s1. The first-order valence-electron chi connectivity index (χ1n) is 7.39. The zero-order valence-corrected chi connectivity index (χ0v) is 12.7. The Morgan fingerprint density at radius 3 is 2.77 bits per heavy atom. The molecule has 1 aliphatic rings. The number of amides is 1. The Bertz CT molecular complexity index is 661. The number of ether oxygens (including phenoxy) is 2. The van der Waals surface area contributed by atoms with E-state index < -0.39 is 0 Å². The minimum atomic E-state index is -0.0512. The number of nitrogens with zero attached hydrogens (tertiary/aromatic N) is 3. The number of hydrogen-bond acceptors (Lipinski definition) is 5. The highest BCUT2D eigenvalue weighted by atomic mass is 16.5. The van der Waals surface area contributed by atoms with Crippen LogP contribution in [0.15, 0.2) is 30.6 Å². The molecular weight excluding hydrogens is 282 g/mol.